The Morgan fingerprint density at radius 1 is 1.21 bits per heavy atom. The van der Waals surface area contributed by atoms with E-state index >= 15 is 0 Å². The van der Waals surface area contributed by atoms with Crippen LogP contribution in [0.25, 0.3) is 0 Å². The lowest BCUT2D eigenvalue weighted by molar-refractivity contribution is -0.738. The predicted octanol–water partition coefficient (Wildman–Crippen LogP) is 0.932. The minimum atomic E-state index is -1.36. The van der Waals surface area contributed by atoms with Crippen LogP contribution < -0.4 is 15.4 Å². The summed E-state index contributed by atoms with van der Waals surface area (Å²) in [5, 5.41) is 15.6. The normalized spacial score (nSPS) is 28.8. The third kappa shape index (κ3) is 3.01. The Bertz CT molecular complexity index is 1180. The maximum Gasteiger partial charge on any atom is 0.291 e. The zero-order valence-electron chi connectivity index (χ0n) is 18.5. The molecular weight excluding hydrogens is 446 g/mol. The molecule has 8 nitrogen and oxygen atoms in total. The lowest BCUT2D eigenvalue weighted by atomic mass is 9.76. The van der Waals surface area contributed by atoms with Crippen molar-refractivity contribution >= 4 is 35.0 Å². The molecule has 0 bridgehead atoms. The van der Waals surface area contributed by atoms with E-state index in [1.165, 1.54) is 4.90 Å². The van der Waals surface area contributed by atoms with Gasteiger partial charge in [0.2, 0.25) is 17.4 Å². The number of nitrogens with one attached hydrogen (secondary N) is 1. The first kappa shape index (κ1) is 21.9. The highest BCUT2D eigenvalue weighted by Gasteiger charge is 2.75. The van der Waals surface area contributed by atoms with Gasteiger partial charge in [-0.3, -0.25) is 19.3 Å². The number of fused-ring (bicyclic) bond motifs is 4. The second-order valence-electron chi connectivity index (χ2n) is 9.07. The maximum absolute atomic E-state index is 13.7. The van der Waals surface area contributed by atoms with Gasteiger partial charge in [0.15, 0.2) is 0 Å². The first-order chi connectivity index (χ1) is 15.7. The summed E-state index contributed by atoms with van der Waals surface area (Å²) in [6.07, 6.45) is -0.910. The average molecular weight is 471 g/mol. The second-order valence-corrected chi connectivity index (χ2v) is 9.50. The first-order valence-corrected chi connectivity index (χ1v) is 11.2. The van der Waals surface area contributed by atoms with Crippen molar-refractivity contribution in [3.05, 3.63) is 58.1 Å². The predicted molar refractivity (Wildman–Crippen MR) is 119 cm³/mol. The van der Waals surface area contributed by atoms with Crippen LogP contribution in [0, 0.1) is 18.8 Å². The van der Waals surface area contributed by atoms with Gasteiger partial charge in [0.05, 0.1) is 19.3 Å². The number of nitrogens with two attached hydrogens (primary N) is 1. The fourth-order valence-corrected chi connectivity index (χ4v) is 5.96. The molecule has 0 saturated carbocycles. The molecule has 0 aromatic heterocycles. The smallest absolute Gasteiger partial charge is 0.291 e. The van der Waals surface area contributed by atoms with Crippen LogP contribution in [-0.4, -0.2) is 47.0 Å². The number of carbonyl (C=O) groups excluding carboxylic acids is 3. The first-order valence-electron chi connectivity index (χ1n) is 10.8. The molecule has 3 amide bonds. The number of quaternary nitrogens is 1. The summed E-state index contributed by atoms with van der Waals surface area (Å²) in [5.41, 5.74) is 1.38. The van der Waals surface area contributed by atoms with Crippen LogP contribution in [0.1, 0.15) is 23.6 Å². The Labute approximate surface area is 195 Å². The number of likely N-dealkylation sites (tertiary alicyclic amines) is 1. The van der Waals surface area contributed by atoms with Crippen LogP contribution in [0.3, 0.4) is 0 Å². The molecule has 4 N–H and O–H groups in total. The Morgan fingerprint density at radius 2 is 1.91 bits per heavy atom. The molecule has 2 aromatic carbocycles. The number of aliphatic hydroxyl groups excluding tert-OH is 1. The highest BCUT2D eigenvalue weighted by Crippen LogP contribution is 2.51. The number of anilines is 1. The molecule has 2 fully saturated rings. The van der Waals surface area contributed by atoms with Crippen molar-refractivity contribution in [2.24, 2.45) is 11.8 Å². The number of aryl methyl sites for hydroxylation is 1. The number of aliphatic hydroxyl groups is 1. The summed E-state index contributed by atoms with van der Waals surface area (Å²) in [7, 11) is 1.56. The van der Waals surface area contributed by atoms with Gasteiger partial charge in [0.25, 0.3) is 5.91 Å². The molecule has 5 atom stereocenters. The zero-order chi connectivity index (χ0) is 23.7. The Kier molecular flexibility index (Phi) is 5.00. The summed E-state index contributed by atoms with van der Waals surface area (Å²) < 4.78 is 5.18. The molecule has 5 rings (SSSR count). The molecule has 0 aliphatic carbocycles. The molecule has 3 heterocycles. The minimum absolute atomic E-state index is 0.0837. The van der Waals surface area contributed by atoms with Crippen molar-refractivity contribution in [3.63, 3.8) is 0 Å². The second kappa shape index (κ2) is 7.55. The topological polar surface area (TPSA) is 113 Å². The fraction of sp³-hybridized carbons (Fsp3) is 0.375. The van der Waals surface area contributed by atoms with Gasteiger partial charge in [-0.05, 0) is 49.2 Å². The van der Waals surface area contributed by atoms with Gasteiger partial charge in [0, 0.05) is 10.6 Å². The molecule has 1 spiro atoms. The lowest BCUT2D eigenvalue weighted by Gasteiger charge is -2.27. The van der Waals surface area contributed by atoms with E-state index in [-0.39, 0.29) is 18.4 Å². The number of imide groups is 1. The summed E-state index contributed by atoms with van der Waals surface area (Å²) in [4.78, 5) is 41.9. The molecule has 3 aliphatic heterocycles. The van der Waals surface area contributed by atoms with Crippen LogP contribution in [0.4, 0.5) is 5.69 Å². The summed E-state index contributed by atoms with van der Waals surface area (Å²) >= 11 is 6.33. The summed E-state index contributed by atoms with van der Waals surface area (Å²) in [6.45, 7) is 3.50. The third-order valence-corrected chi connectivity index (χ3v) is 7.44. The lowest BCUT2D eigenvalue weighted by Crippen LogP contribution is -3.00. The zero-order valence-corrected chi connectivity index (χ0v) is 19.2. The average Bonchev–Trinajstić information content (AvgIpc) is 3.36. The number of carbonyl (C=O) groups is 3. The Morgan fingerprint density at radius 3 is 2.55 bits per heavy atom. The van der Waals surface area contributed by atoms with Crippen LogP contribution in [0.2, 0.25) is 5.02 Å². The molecule has 33 heavy (non-hydrogen) atoms. The number of rotatable bonds is 4. The largest absolute Gasteiger partial charge is 0.497 e. The van der Waals surface area contributed by atoms with E-state index in [1.54, 1.807) is 55.7 Å². The van der Waals surface area contributed by atoms with Crippen molar-refractivity contribution in [2.45, 2.75) is 38.1 Å². The van der Waals surface area contributed by atoms with Crippen molar-refractivity contribution in [3.8, 4) is 5.75 Å². The van der Waals surface area contributed by atoms with Crippen molar-refractivity contribution in [2.75, 3.05) is 12.4 Å². The van der Waals surface area contributed by atoms with E-state index in [4.69, 9.17) is 16.3 Å². The van der Waals surface area contributed by atoms with Gasteiger partial charge in [0.1, 0.15) is 29.7 Å². The number of amides is 3. The number of hydrogen-bond donors (Lipinski definition) is 3. The van der Waals surface area contributed by atoms with E-state index in [9.17, 15) is 19.5 Å². The standard InChI is InChI=1S/C24H24ClN3O5/c1-11-8-14(25)9-16-19(11)26-23(32)24(16)18-17(20(27-24)12(2)29)21(30)28(22(18)31)10-13-4-6-15(33-3)7-5-13/h4-9,12,17-18,20,27,29H,10H2,1-3H3,(H,26,32)/p+1/t12-,17+,18+,20+,24+/m1/s1. The van der Waals surface area contributed by atoms with Gasteiger partial charge in [-0.2, -0.15) is 0 Å². The fourth-order valence-electron chi connectivity index (χ4n) is 5.69. The number of hydrogen-bond acceptors (Lipinski definition) is 5. The number of methoxy groups -OCH3 is 1. The van der Waals surface area contributed by atoms with Gasteiger partial charge in [-0.15, -0.1) is 0 Å². The highest BCUT2D eigenvalue weighted by atomic mass is 35.5. The quantitative estimate of drug-likeness (QED) is 0.575. The van der Waals surface area contributed by atoms with Crippen molar-refractivity contribution < 1.29 is 29.5 Å². The number of nitrogens with zero attached hydrogens (tertiary/aromatic N) is 1. The van der Waals surface area contributed by atoms with Gasteiger partial charge >= 0.3 is 0 Å². The highest BCUT2D eigenvalue weighted by molar-refractivity contribution is 6.31. The molecule has 0 radical (unpaired) electrons. The monoisotopic (exact) mass is 470 g/mol. The Balaban J connectivity index is 1.60. The van der Waals surface area contributed by atoms with E-state index in [1.807, 2.05) is 6.92 Å². The molecule has 0 unspecified atom stereocenters. The molecule has 2 saturated heterocycles. The molecular formula is C24H25ClN3O5+. The van der Waals surface area contributed by atoms with Crippen LogP contribution in [-0.2, 0) is 26.5 Å². The molecule has 9 heteroatoms. The van der Waals surface area contributed by atoms with Crippen LogP contribution >= 0.6 is 11.6 Å². The number of benzene rings is 2. The summed E-state index contributed by atoms with van der Waals surface area (Å²) in [5.74, 6) is -2.26. The minimum Gasteiger partial charge on any atom is -0.497 e. The molecule has 172 valence electrons. The number of halogens is 1. The van der Waals surface area contributed by atoms with Crippen molar-refractivity contribution in [1.82, 2.24) is 4.90 Å². The van der Waals surface area contributed by atoms with E-state index in [0.717, 1.165) is 11.1 Å². The van der Waals surface area contributed by atoms with E-state index < -0.39 is 35.4 Å². The Hall–Kier alpha value is -2.94. The number of ether oxygens (including phenoxy) is 1. The van der Waals surface area contributed by atoms with Crippen molar-refractivity contribution in [1.29, 1.82) is 0 Å². The van der Waals surface area contributed by atoms with Gasteiger partial charge in [-0.25, -0.2) is 0 Å². The van der Waals surface area contributed by atoms with Gasteiger partial charge < -0.3 is 20.5 Å². The SMILES string of the molecule is COc1ccc(CN2C(=O)[C@@H]3[C@H]([C@@H](C)O)[NH2+][C@]4(C(=O)Nc5c(C)cc(Cl)cc54)[C@@H]3C2=O)cc1. The summed E-state index contributed by atoms with van der Waals surface area (Å²) in [6, 6.07) is 9.90. The maximum atomic E-state index is 13.7. The van der Waals surface area contributed by atoms with E-state index in [0.29, 0.717) is 22.0 Å². The molecule has 3 aliphatic rings. The third-order valence-electron chi connectivity index (χ3n) is 7.22. The van der Waals surface area contributed by atoms with Gasteiger partial charge in [-0.1, -0.05) is 23.7 Å². The van der Waals surface area contributed by atoms with Crippen LogP contribution in [0.5, 0.6) is 5.75 Å². The van der Waals surface area contributed by atoms with E-state index in [2.05, 4.69) is 5.32 Å². The van der Waals surface area contributed by atoms with Crippen LogP contribution in [0.15, 0.2) is 36.4 Å². The molecule has 2 aromatic rings.